The van der Waals surface area contributed by atoms with E-state index in [1.54, 1.807) is 0 Å². The Kier molecular flexibility index (Phi) is 9.84. The molecule has 3 rings (SSSR count). The van der Waals surface area contributed by atoms with Crippen molar-refractivity contribution in [3.05, 3.63) is 35.5 Å². The third-order valence-electron chi connectivity index (χ3n) is 9.17. The van der Waals surface area contributed by atoms with Crippen molar-refractivity contribution in [2.75, 3.05) is 13.2 Å². The standard InChI is InChI=1S/C30H50O5/c1-20(9-6-15-29(3,4)34)24-13-14-25-22(10-7-16-30(24,25)5)11-12-23-19-26(32)28(27(33)21(23)2)35-18-8-17-31/h11-12,20,24-28,31-34H,2,6-10,13-19H2,1,3-5H3/b22-11+,23-12?/t20-,24-,25+,26?,27-,28?,30-/m1/s1. The highest BCUT2D eigenvalue weighted by atomic mass is 16.5. The molecule has 200 valence electrons. The van der Waals surface area contributed by atoms with Crippen molar-refractivity contribution in [1.82, 2.24) is 0 Å². The Bertz CT molecular complexity index is 778. The first-order chi connectivity index (χ1) is 16.5. The van der Waals surface area contributed by atoms with E-state index in [0.717, 1.165) is 30.8 Å². The van der Waals surface area contributed by atoms with Crippen molar-refractivity contribution in [2.24, 2.45) is 23.2 Å². The minimum atomic E-state index is -0.931. The minimum Gasteiger partial charge on any atom is -0.396 e. The molecule has 7 atom stereocenters. The lowest BCUT2D eigenvalue weighted by Gasteiger charge is -2.44. The molecule has 0 aliphatic heterocycles. The first-order valence-electron chi connectivity index (χ1n) is 13.9. The highest BCUT2D eigenvalue weighted by Crippen LogP contribution is 2.60. The number of hydrogen-bond donors (Lipinski definition) is 4. The lowest BCUT2D eigenvalue weighted by atomic mass is 9.60. The molecule has 3 aliphatic rings. The molecule has 3 saturated carbocycles. The Morgan fingerprint density at radius 2 is 1.94 bits per heavy atom. The van der Waals surface area contributed by atoms with E-state index in [2.05, 4.69) is 32.6 Å². The van der Waals surface area contributed by atoms with E-state index in [0.29, 0.717) is 42.3 Å². The van der Waals surface area contributed by atoms with Crippen LogP contribution in [0.5, 0.6) is 0 Å². The van der Waals surface area contributed by atoms with Crippen LogP contribution in [0.1, 0.15) is 91.9 Å². The van der Waals surface area contributed by atoms with E-state index >= 15 is 0 Å². The van der Waals surface area contributed by atoms with E-state index in [4.69, 9.17) is 9.84 Å². The van der Waals surface area contributed by atoms with Gasteiger partial charge in [-0.25, -0.2) is 0 Å². The Balaban J connectivity index is 1.67. The van der Waals surface area contributed by atoms with Gasteiger partial charge in [0.25, 0.3) is 0 Å². The van der Waals surface area contributed by atoms with Crippen LogP contribution in [0.15, 0.2) is 35.5 Å². The smallest absolute Gasteiger partial charge is 0.114 e. The molecule has 0 radical (unpaired) electrons. The molecular formula is C30H50O5. The summed E-state index contributed by atoms with van der Waals surface area (Å²) in [5.74, 6) is 1.98. The summed E-state index contributed by atoms with van der Waals surface area (Å²) in [6.07, 6.45) is 12.1. The Morgan fingerprint density at radius 3 is 2.63 bits per heavy atom. The average molecular weight is 491 g/mol. The van der Waals surface area contributed by atoms with Gasteiger partial charge in [0.15, 0.2) is 0 Å². The molecule has 4 N–H and O–H groups in total. The van der Waals surface area contributed by atoms with Crippen LogP contribution in [0.4, 0.5) is 0 Å². The van der Waals surface area contributed by atoms with E-state index in [1.807, 2.05) is 13.8 Å². The van der Waals surface area contributed by atoms with Gasteiger partial charge in [-0.05, 0) is 93.1 Å². The van der Waals surface area contributed by atoms with E-state index in [9.17, 15) is 15.3 Å². The second-order valence-corrected chi connectivity index (χ2v) is 12.4. The molecule has 0 aromatic heterocycles. The summed E-state index contributed by atoms with van der Waals surface area (Å²) in [6.45, 7) is 13.2. The Labute approximate surface area is 213 Å². The highest BCUT2D eigenvalue weighted by Gasteiger charge is 2.50. The molecule has 0 heterocycles. The van der Waals surface area contributed by atoms with Crippen molar-refractivity contribution < 1.29 is 25.2 Å². The van der Waals surface area contributed by atoms with Gasteiger partial charge >= 0.3 is 0 Å². The lowest BCUT2D eigenvalue weighted by molar-refractivity contribution is -0.0968. The van der Waals surface area contributed by atoms with Gasteiger partial charge in [0.2, 0.25) is 0 Å². The van der Waals surface area contributed by atoms with Gasteiger partial charge in [0.05, 0.1) is 11.7 Å². The third kappa shape index (κ3) is 6.87. The second kappa shape index (κ2) is 12.0. The molecule has 35 heavy (non-hydrogen) atoms. The second-order valence-electron chi connectivity index (χ2n) is 12.4. The number of aliphatic hydroxyl groups excluding tert-OH is 3. The molecule has 0 spiro atoms. The normalized spacial score (nSPS) is 37.1. The summed E-state index contributed by atoms with van der Waals surface area (Å²) in [5.41, 5.74) is 2.79. The number of hydrogen-bond acceptors (Lipinski definition) is 5. The predicted octanol–water partition coefficient (Wildman–Crippen LogP) is 5.08. The maximum Gasteiger partial charge on any atom is 0.114 e. The van der Waals surface area contributed by atoms with Gasteiger partial charge in [-0.1, -0.05) is 51.0 Å². The van der Waals surface area contributed by atoms with Crippen LogP contribution >= 0.6 is 0 Å². The zero-order valence-electron chi connectivity index (χ0n) is 22.5. The van der Waals surface area contributed by atoms with Crippen molar-refractivity contribution in [3.63, 3.8) is 0 Å². The van der Waals surface area contributed by atoms with Gasteiger partial charge < -0.3 is 25.2 Å². The molecule has 0 aromatic carbocycles. The fraction of sp³-hybridized carbons (Fsp3) is 0.800. The van der Waals surface area contributed by atoms with E-state index in [1.165, 1.54) is 37.7 Å². The van der Waals surface area contributed by atoms with Crippen molar-refractivity contribution in [1.29, 1.82) is 0 Å². The first-order valence-corrected chi connectivity index (χ1v) is 13.9. The topological polar surface area (TPSA) is 90.2 Å². The fourth-order valence-electron chi connectivity index (χ4n) is 7.21. The van der Waals surface area contributed by atoms with Gasteiger partial charge in [0.1, 0.15) is 12.2 Å². The first kappa shape index (κ1) is 28.6. The summed E-state index contributed by atoms with van der Waals surface area (Å²) < 4.78 is 5.63. The number of allylic oxidation sites excluding steroid dienone is 3. The molecule has 0 bridgehead atoms. The molecule has 2 unspecified atom stereocenters. The predicted molar refractivity (Wildman–Crippen MR) is 141 cm³/mol. The zero-order chi connectivity index (χ0) is 25.8. The molecule has 5 heteroatoms. The highest BCUT2D eigenvalue weighted by molar-refractivity contribution is 5.40. The monoisotopic (exact) mass is 490 g/mol. The summed E-state index contributed by atoms with van der Waals surface area (Å²) in [7, 11) is 0. The van der Waals surface area contributed by atoms with Crippen molar-refractivity contribution in [2.45, 2.75) is 116 Å². The van der Waals surface area contributed by atoms with Crippen LogP contribution in [-0.2, 0) is 4.74 Å². The van der Waals surface area contributed by atoms with Gasteiger partial charge in [0, 0.05) is 19.6 Å². The summed E-state index contributed by atoms with van der Waals surface area (Å²) in [5, 5.41) is 40.4. The number of ether oxygens (including phenoxy) is 1. The number of aliphatic hydroxyl groups is 4. The molecule has 5 nitrogen and oxygen atoms in total. The molecule has 0 saturated heterocycles. The van der Waals surface area contributed by atoms with Crippen molar-refractivity contribution >= 4 is 0 Å². The molecular weight excluding hydrogens is 440 g/mol. The van der Waals surface area contributed by atoms with Crippen LogP contribution in [0.2, 0.25) is 0 Å². The Morgan fingerprint density at radius 1 is 1.20 bits per heavy atom. The van der Waals surface area contributed by atoms with E-state index in [-0.39, 0.29) is 6.61 Å². The maximum absolute atomic E-state index is 10.7. The van der Waals surface area contributed by atoms with Gasteiger partial charge in [-0.3, -0.25) is 0 Å². The van der Waals surface area contributed by atoms with Crippen LogP contribution in [0.3, 0.4) is 0 Å². The lowest BCUT2D eigenvalue weighted by Crippen LogP contribution is -2.45. The van der Waals surface area contributed by atoms with Crippen LogP contribution in [0, 0.1) is 23.2 Å². The number of rotatable bonds is 10. The largest absolute Gasteiger partial charge is 0.396 e. The number of fused-ring (bicyclic) bond motifs is 1. The molecule has 3 fully saturated rings. The summed E-state index contributed by atoms with van der Waals surface area (Å²) in [4.78, 5) is 0. The van der Waals surface area contributed by atoms with E-state index < -0.39 is 23.9 Å². The SMILES string of the molecule is C=C1C(=C/C=C2\CCC[C@]3(C)[C@@H]([C@H](C)CCCC(C)(C)O)CC[C@@H]23)CC(O)C(OCCCO)[C@@H]1O. The van der Waals surface area contributed by atoms with Crippen LogP contribution in [-0.4, -0.2) is 57.6 Å². The fourth-order valence-corrected chi connectivity index (χ4v) is 7.21. The third-order valence-corrected chi connectivity index (χ3v) is 9.17. The van der Waals surface area contributed by atoms with Crippen molar-refractivity contribution in [3.8, 4) is 0 Å². The average Bonchev–Trinajstić information content (AvgIpc) is 3.14. The van der Waals surface area contributed by atoms with Crippen LogP contribution < -0.4 is 0 Å². The zero-order valence-corrected chi connectivity index (χ0v) is 22.5. The molecule has 0 aromatic rings. The summed E-state index contributed by atoms with van der Waals surface area (Å²) in [6, 6.07) is 0. The van der Waals surface area contributed by atoms with Gasteiger partial charge in [-0.15, -0.1) is 0 Å². The molecule has 3 aliphatic carbocycles. The van der Waals surface area contributed by atoms with Gasteiger partial charge in [-0.2, -0.15) is 0 Å². The minimum absolute atomic E-state index is 0.0269. The van der Waals surface area contributed by atoms with Crippen LogP contribution in [0.25, 0.3) is 0 Å². The summed E-state index contributed by atoms with van der Waals surface area (Å²) >= 11 is 0. The maximum atomic E-state index is 10.7. The molecule has 0 amide bonds. The quantitative estimate of drug-likeness (QED) is 0.321. The Hall–Kier alpha value is -0.980.